The first-order chi connectivity index (χ1) is 9.51. The van der Waals surface area contributed by atoms with Crippen LogP contribution in [0.4, 0.5) is 0 Å². The molecule has 2 N–H and O–H groups in total. The monoisotopic (exact) mass is 343 g/mol. The minimum absolute atomic E-state index is 0.0533. The Bertz CT molecular complexity index is 450. The van der Waals surface area contributed by atoms with Crippen LogP contribution in [0.25, 0.3) is 0 Å². The van der Waals surface area contributed by atoms with Crippen molar-refractivity contribution < 1.29 is 14.6 Å². The molecule has 0 radical (unpaired) electrons. The van der Waals surface area contributed by atoms with Crippen LogP contribution in [-0.2, 0) is 0 Å². The Morgan fingerprint density at radius 1 is 1.40 bits per heavy atom. The van der Waals surface area contributed by atoms with Crippen LogP contribution in [0, 0.1) is 5.41 Å². The van der Waals surface area contributed by atoms with Gasteiger partial charge in [-0.3, -0.25) is 4.79 Å². The Kier molecular flexibility index (Phi) is 6.33. The van der Waals surface area contributed by atoms with Crippen LogP contribution < -0.4 is 10.1 Å². The van der Waals surface area contributed by atoms with Gasteiger partial charge in [0.05, 0.1) is 12.7 Å². The minimum Gasteiger partial charge on any atom is -0.507 e. The lowest BCUT2D eigenvalue weighted by Crippen LogP contribution is -2.38. The number of methoxy groups -OCH3 is 1. The molecule has 112 valence electrons. The third-order valence-corrected chi connectivity index (χ3v) is 5.05. The van der Waals surface area contributed by atoms with Crippen molar-refractivity contribution in [3.05, 3.63) is 23.8 Å². The molecular formula is C15H22BrNO3. The molecule has 0 saturated heterocycles. The van der Waals surface area contributed by atoms with E-state index in [0.717, 1.165) is 18.2 Å². The highest BCUT2D eigenvalue weighted by molar-refractivity contribution is 9.09. The highest BCUT2D eigenvalue weighted by Gasteiger charge is 2.26. The van der Waals surface area contributed by atoms with Crippen LogP contribution >= 0.6 is 15.9 Å². The van der Waals surface area contributed by atoms with Crippen LogP contribution in [-0.4, -0.2) is 30.0 Å². The molecule has 0 aliphatic heterocycles. The maximum atomic E-state index is 12.1. The van der Waals surface area contributed by atoms with Crippen LogP contribution in [0.15, 0.2) is 18.2 Å². The molecule has 0 saturated carbocycles. The van der Waals surface area contributed by atoms with Crippen molar-refractivity contribution in [2.45, 2.75) is 26.7 Å². The van der Waals surface area contributed by atoms with Gasteiger partial charge in [-0.05, 0) is 30.4 Å². The van der Waals surface area contributed by atoms with Gasteiger partial charge in [-0.1, -0.05) is 29.8 Å². The number of phenols is 1. The molecule has 0 aliphatic carbocycles. The molecule has 20 heavy (non-hydrogen) atoms. The molecule has 0 bridgehead atoms. The zero-order valence-electron chi connectivity index (χ0n) is 12.2. The normalized spacial score (nSPS) is 11.2. The van der Waals surface area contributed by atoms with Gasteiger partial charge in [0.15, 0.2) is 0 Å². The van der Waals surface area contributed by atoms with E-state index >= 15 is 0 Å². The number of ether oxygens (including phenoxy) is 1. The van der Waals surface area contributed by atoms with Gasteiger partial charge in [0, 0.05) is 17.9 Å². The molecule has 0 spiro atoms. The largest absolute Gasteiger partial charge is 0.507 e. The van der Waals surface area contributed by atoms with Crippen LogP contribution in [0.5, 0.6) is 11.5 Å². The molecule has 0 unspecified atom stereocenters. The zero-order valence-corrected chi connectivity index (χ0v) is 13.8. The van der Waals surface area contributed by atoms with E-state index in [9.17, 15) is 9.90 Å². The molecule has 1 amide bonds. The van der Waals surface area contributed by atoms with Crippen molar-refractivity contribution >= 4 is 21.8 Å². The van der Waals surface area contributed by atoms with E-state index in [1.807, 2.05) is 0 Å². The Labute approximate surface area is 128 Å². The summed E-state index contributed by atoms with van der Waals surface area (Å²) in [5.41, 5.74) is 0.319. The maximum absolute atomic E-state index is 12.1. The number of rotatable bonds is 7. The number of nitrogens with one attached hydrogen (secondary N) is 1. The van der Waals surface area contributed by atoms with Crippen molar-refractivity contribution in [2.24, 2.45) is 5.41 Å². The predicted molar refractivity (Wildman–Crippen MR) is 83.8 cm³/mol. The number of aromatic hydroxyl groups is 1. The van der Waals surface area contributed by atoms with Crippen LogP contribution in [0.1, 0.15) is 37.0 Å². The molecule has 0 fully saturated rings. The van der Waals surface area contributed by atoms with Gasteiger partial charge in [0.1, 0.15) is 11.5 Å². The number of halogens is 1. The number of carbonyl (C=O) groups is 1. The molecule has 1 rings (SSSR count). The predicted octanol–water partition coefficient (Wildman–Crippen LogP) is 3.33. The average Bonchev–Trinajstić information content (AvgIpc) is 2.48. The van der Waals surface area contributed by atoms with Crippen molar-refractivity contribution in [1.29, 1.82) is 0 Å². The summed E-state index contributed by atoms with van der Waals surface area (Å²) >= 11 is 3.52. The summed E-state index contributed by atoms with van der Waals surface area (Å²) in [5, 5.41) is 13.6. The molecule has 1 aromatic carbocycles. The summed E-state index contributed by atoms with van der Waals surface area (Å²) in [4.78, 5) is 12.1. The first-order valence-corrected chi connectivity index (χ1v) is 7.85. The molecule has 0 heterocycles. The Morgan fingerprint density at radius 2 is 2.05 bits per heavy atom. The molecule has 0 atom stereocenters. The highest BCUT2D eigenvalue weighted by Crippen LogP contribution is 2.28. The minimum atomic E-state index is -0.266. The van der Waals surface area contributed by atoms with Crippen LogP contribution in [0.2, 0.25) is 0 Å². The molecule has 5 heteroatoms. The lowest BCUT2D eigenvalue weighted by Gasteiger charge is -2.29. The maximum Gasteiger partial charge on any atom is 0.255 e. The summed E-state index contributed by atoms with van der Waals surface area (Å²) in [7, 11) is 1.52. The number of hydrogen-bond acceptors (Lipinski definition) is 3. The van der Waals surface area contributed by atoms with Gasteiger partial charge >= 0.3 is 0 Å². The number of alkyl halides is 1. The Morgan fingerprint density at radius 3 is 2.50 bits per heavy atom. The van der Waals surface area contributed by atoms with E-state index in [4.69, 9.17) is 4.74 Å². The fourth-order valence-corrected chi connectivity index (χ4v) is 2.92. The van der Waals surface area contributed by atoms with Crippen molar-refractivity contribution in [3.8, 4) is 11.5 Å². The molecule has 0 aliphatic rings. The molecule has 1 aromatic rings. The average molecular weight is 344 g/mol. The van der Waals surface area contributed by atoms with Gasteiger partial charge in [-0.2, -0.15) is 0 Å². The van der Waals surface area contributed by atoms with Gasteiger partial charge in [-0.15, -0.1) is 0 Å². The van der Waals surface area contributed by atoms with Gasteiger partial charge < -0.3 is 15.2 Å². The summed E-state index contributed by atoms with van der Waals surface area (Å²) in [6, 6.07) is 4.66. The standard InChI is InChI=1S/C15H22BrNO3/c1-4-15(5-2,9-16)10-17-14(19)12-7-6-11(20-3)8-13(12)18/h6-8,18H,4-5,9-10H2,1-3H3,(H,17,19). The smallest absolute Gasteiger partial charge is 0.255 e. The molecule has 0 aromatic heterocycles. The lowest BCUT2D eigenvalue weighted by atomic mass is 9.84. The fourth-order valence-electron chi connectivity index (χ4n) is 1.93. The SMILES string of the molecule is CCC(CC)(CBr)CNC(=O)c1ccc(OC)cc1O. The van der Waals surface area contributed by atoms with E-state index < -0.39 is 0 Å². The molecular weight excluding hydrogens is 322 g/mol. The number of phenolic OH excluding ortho intramolecular Hbond substituents is 1. The summed E-state index contributed by atoms with van der Waals surface area (Å²) in [6.45, 7) is 4.80. The van der Waals surface area contributed by atoms with E-state index in [1.165, 1.54) is 13.2 Å². The van der Waals surface area contributed by atoms with Crippen LogP contribution in [0.3, 0.4) is 0 Å². The number of carbonyl (C=O) groups excluding carboxylic acids is 1. The third-order valence-electron chi connectivity index (χ3n) is 3.86. The van der Waals surface area contributed by atoms with Crippen molar-refractivity contribution in [3.63, 3.8) is 0 Å². The van der Waals surface area contributed by atoms with E-state index in [0.29, 0.717) is 12.3 Å². The third kappa shape index (κ3) is 3.88. The van der Waals surface area contributed by atoms with Gasteiger partial charge in [0.25, 0.3) is 5.91 Å². The van der Waals surface area contributed by atoms with Gasteiger partial charge in [-0.25, -0.2) is 0 Å². The molecule has 4 nitrogen and oxygen atoms in total. The summed E-state index contributed by atoms with van der Waals surface area (Å²) in [5.74, 6) is 0.188. The fraction of sp³-hybridized carbons (Fsp3) is 0.533. The second kappa shape index (κ2) is 7.53. The lowest BCUT2D eigenvalue weighted by molar-refractivity contribution is 0.0929. The second-order valence-electron chi connectivity index (χ2n) is 4.91. The number of hydrogen-bond donors (Lipinski definition) is 2. The second-order valence-corrected chi connectivity index (χ2v) is 5.47. The Hall–Kier alpha value is -1.23. The van der Waals surface area contributed by atoms with Gasteiger partial charge in [0.2, 0.25) is 0 Å². The first kappa shape index (κ1) is 16.8. The first-order valence-electron chi connectivity index (χ1n) is 6.73. The highest BCUT2D eigenvalue weighted by atomic mass is 79.9. The van der Waals surface area contributed by atoms with E-state index in [2.05, 4.69) is 35.1 Å². The van der Waals surface area contributed by atoms with Crippen molar-refractivity contribution in [1.82, 2.24) is 5.32 Å². The number of amides is 1. The van der Waals surface area contributed by atoms with Crippen molar-refractivity contribution in [2.75, 3.05) is 19.0 Å². The topological polar surface area (TPSA) is 58.6 Å². The van der Waals surface area contributed by atoms with E-state index in [1.54, 1.807) is 12.1 Å². The quantitative estimate of drug-likeness (QED) is 0.746. The van der Waals surface area contributed by atoms with E-state index in [-0.39, 0.29) is 22.6 Å². The summed E-state index contributed by atoms with van der Waals surface area (Å²) < 4.78 is 5.00. The summed E-state index contributed by atoms with van der Waals surface area (Å²) in [6.07, 6.45) is 1.95. The Balaban J connectivity index is 2.77. The number of benzene rings is 1. The zero-order chi connectivity index (χ0) is 15.2.